The van der Waals surface area contributed by atoms with Gasteiger partial charge in [0.15, 0.2) is 6.10 Å². The van der Waals surface area contributed by atoms with Crippen LogP contribution in [0.15, 0.2) is 48.5 Å². The highest BCUT2D eigenvalue weighted by molar-refractivity contribution is 6.42. The van der Waals surface area contributed by atoms with Crippen LogP contribution < -0.4 is 9.96 Å². The van der Waals surface area contributed by atoms with Crippen LogP contribution in [0.2, 0.25) is 10.0 Å². The highest BCUT2D eigenvalue weighted by atomic mass is 35.5. The zero-order valence-electron chi connectivity index (χ0n) is 14.6. The lowest BCUT2D eigenvalue weighted by atomic mass is 9.93. The van der Waals surface area contributed by atoms with Crippen molar-refractivity contribution in [2.75, 3.05) is 9.96 Å². The maximum absolute atomic E-state index is 13.2. The van der Waals surface area contributed by atoms with Gasteiger partial charge in [-0.3, -0.25) is 14.4 Å². The van der Waals surface area contributed by atoms with Crippen LogP contribution in [0.25, 0.3) is 0 Å². The molecule has 0 saturated carbocycles. The van der Waals surface area contributed by atoms with E-state index in [0.29, 0.717) is 0 Å². The predicted molar refractivity (Wildman–Crippen MR) is 105 cm³/mol. The van der Waals surface area contributed by atoms with Gasteiger partial charge in [-0.15, -0.1) is 0 Å². The van der Waals surface area contributed by atoms with E-state index < -0.39 is 17.9 Å². The Morgan fingerprint density at radius 2 is 1.63 bits per heavy atom. The molecule has 5 nitrogen and oxygen atoms in total. The van der Waals surface area contributed by atoms with Crippen molar-refractivity contribution in [3.05, 3.63) is 58.6 Å². The quantitative estimate of drug-likeness (QED) is 0.705. The maximum Gasteiger partial charge on any atom is 0.266 e. The minimum Gasteiger partial charge on any atom is -0.273 e. The molecule has 2 aliphatic heterocycles. The zero-order valence-corrected chi connectivity index (χ0v) is 16.2. The lowest BCUT2D eigenvalue weighted by Gasteiger charge is -2.28. The molecule has 2 saturated heterocycles. The number of hydrogen-bond donors (Lipinski definition) is 0. The van der Waals surface area contributed by atoms with E-state index in [1.165, 1.54) is 0 Å². The van der Waals surface area contributed by atoms with E-state index in [1.807, 2.05) is 37.3 Å². The normalized spacial score (nSPS) is 24.6. The minimum atomic E-state index is -0.874. The molecule has 2 aromatic rings. The Hall–Kier alpha value is -2.08. The van der Waals surface area contributed by atoms with Crippen LogP contribution in [0.1, 0.15) is 19.8 Å². The first-order chi connectivity index (χ1) is 13.0. The van der Waals surface area contributed by atoms with Gasteiger partial charge in [0.1, 0.15) is 0 Å². The van der Waals surface area contributed by atoms with Gasteiger partial charge in [-0.1, -0.05) is 60.8 Å². The third-order valence-electron chi connectivity index (χ3n) is 4.99. The number of anilines is 2. The van der Waals surface area contributed by atoms with Crippen LogP contribution in [-0.2, 0) is 14.4 Å². The molecule has 0 N–H and O–H groups in total. The molecule has 2 amide bonds. The standard InChI is InChI=1S/C20H18Cl2N2O3/c1-2-7-15-16-18(27-24(15)12-8-4-3-5-9-12)20(26)23(19(16)25)17-13(21)10-6-11-14(17)22/h3-6,8-11,15-16,18H,2,7H2,1H3. The van der Waals surface area contributed by atoms with Gasteiger partial charge in [0.05, 0.1) is 33.4 Å². The number of nitrogens with zero attached hydrogens (tertiary/aromatic N) is 2. The van der Waals surface area contributed by atoms with Crippen molar-refractivity contribution < 1.29 is 14.4 Å². The van der Waals surface area contributed by atoms with Crippen molar-refractivity contribution in [1.82, 2.24) is 0 Å². The SMILES string of the molecule is CCCC1C2C(=O)N(c3c(Cl)cccc3Cl)C(=O)C2ON1c1ccccc1. The number of hydrogen-bond acceptors (Lipinski definition) is 4. The molecule has 27 heavy (non-hydrogen) atoms. The number of fused-ring (bicyclic) bond motifs is 1. The summed E-state index contributed by atoms with van der Waals surface area (Å²) < 4.78 is 0. The predicted octanol–water partition coefficient (Wildman–Crippen LogP) is 4.47. The Morgan fingerprint density at radius 1 is 0.963 bits per heavy atom. The van der Waals surface area contributed by atoms with Gasteiger partial charge in [0.2, 0.25) is 5.91 Å². The van der Waals surface area contributed by atoms with Crippen molar-refractivity contribution in [3.63, 3.8) is 0 Å². The monoisotopic (exact) mass is 404 g/mol. The second-order valence-electron chi connectivity index (χ2n) is 6.65. The van der Waals surface area contributed by atoms with Crippen molar-refractivity contribution in [3.8, 4) is 0 Å². The molecule has 7 heteroatoms. The molecule has 0 aromatic heterocycles. The van der Waals surface area contributed by atoms with Crippen molar-refractivity contribution >= 4 is 46.4 Å². The summed E-state index contributed by atoms with van der Waals surface area (Å²) in [4.78, 5) is 33.4. The Bertz CT molecular complexity index is 870. The van der Waals surface area contributed by atoms with Gasteiger partial charge in [0.25, 0.3) is 5.91 Å². The average molecular weight is 405 g/mol. The number of rotatable bonds is 4. The summed E-state index contributed by atoms with van der Waals surface area (Å²) >= 11 is 12.5. The van der Waals surface area contributed by atoms with Crippen LogP contribution in [-0.4, -0.2) is 24.0 Å². The molecule has 2 aromatic carbocycles. The molecule has 0 bridgehead atoms. The lowest BCUT2D eigenvalue weighted by Crippen LogP contribution is -2.40. The fraction of sp³-hybridized carbons (Fsp3) is 0.300. The van der Waals surface area contributed by atoms with Crippen LogP contribution in [0.5, 0.6) is 0 Å². The third-order valence-corrected chi connectivity index (χ3v) is 5.60. The van der Waals surface area contributed by atoms with Crippen molar-refractivity contribution in [2.45, 2.75) is 31.9 Å². The van der Waals surface area contributed by atoms with E-state index in [2.05, 4.69) is 0 Å². The van der Waals surface area contributed by atoms with Gasteiger partial charge < -0.3 is 0 Å². The number of para-hydroxylation sites is 2. The molecule has 3 unspecified atom stereocenters. The summed E-state index contributed by atoms with van der Waals surface area (Å²) in [6, 6.07) is 14.2. The summed E-state index contributed by atoms with van der Waals surface area (Å²) in [5.74, 6) is -1.35. The molecule has 2 aliphatic rings. The molecular formula is C20H18Cl2N2O3. The Labute approximate surface area is 167 Å². The van der Waals surface area contributed by atoms with Crippen LogP contribution >= 0.6 is 23.2 Å². The first-order valence-electron chi connectivity index (χ1n) is 8.87. The largest absolute Gasteiger partial charge is 0.273 e. The first-order valence-corrected chi connectivity index (χ1v) is 9.63. The fourth-order valence-electron chi connectivity index (χ4n) is 3.83. The molecule has 3 atom stereocenters. The van der Waals surface area contributed by atoms with Gasteiger partial charge in [-0.05, 0) is 30.7 Å². The number of amides is 2. The number of benzene rings is 2. The number of imide groups is 1. The molecular weight excluding hydrogens is 387 g/mol. The Balaban J connectivity index is 1.72. The number of halogens is 2. The minimum absolute atomic E-state index is 0.231. The van der Waals surface area contributed by atoms with Gasteiger partial charge in [-0.2, -0.15) is 0 Å². The first kappa shape index (κ1) is 18.3. The van der Waals surface area contributed by atoms with Crippen LogP contribution in [0.3, 0.4) is 0 Å². The summed E-state index contributed by atoms with van der Waals surface area (Å²) in [5, 5.41) is 2.23. The van der Waals surface area contributed by atoms with Crippen molar-refractivity contribution in [1.29, 1.82) is 0 Å². The highest BCUT2D eigenvalue weighted by Crippen LogP contribution is 2.44. The van der Waals surface area contributed by atoms with E-state index in [-0.39, 0.29) is 27.7 Å². The van der Waals surface area contributed by atoms with E-state index in [9.17, 15) is 9.59 Å². The molecule has 2 heterocycles. The smallest absolute Gasteiger partial charge is 0.266 e. The number of carbonyl (C=O) groups excluding carboxylic acids is 2. The Kier molecular flexibility index (Phi) is 4.84. The average Bonchev–Trinajstić information content (AvgIpc) is 3.14. The summed E-state index contributed by atoms with van der Waals surface area (Å²) in [6.07, 6.45) is 0.704. The van der Waals surface area contributed by atoms with Crippen molar-refractivity contribution in [2.24, 2.45) is 5.92 Å². The van der Waals surface area contributed by atoms with E-state index >= 15 is 0 Å². The van der Waals surface area contributed by atoms with Gasteiger partial charge >= 0.3 is 0 Å². The van der Waals surface area contributed by atoms with E-state index in [0.717, 1.165) is 23.4 Å². The summed E-state index contributed by atoms with van der Waals surface area (Å²) in [6.45, 7) is 2.04. The topological polar surface area (TPSA) is 49.9 Å². The molecule has 140 valence electrons. The second-order valence-corrected chi connectivity index (χ2v) is 7.47. The van der Waals surface area contributed by atoms with Gasteiger partial charge in [0, 0.05) is 0 Å². The molecule has 0 aliphatic carbocycles. The maximum atomic E-state index is 13.2. The molecule has 2 fully saturated rings. The van der Waals surface area contributed by atoms with Crippen LogP contribution in [0.4, 0.5) is 11.4 Å². The summed E-state index contributed by atoms with van der Waals surface area (Å²) in [7, 11) is 0. The van der Waals surface area contributed by atoms with Gasteiger partial charge in [-0.25, -0.2) is 9.96 Å². The highest BCUT2D eigenvalue weighted by Gasteiger charge is 2.59. The fourth-order valence-corrected chi connectivity index (χ4v) is 4.40. The van der Waals surface area contributed by atoms with Crippen LogP contribution in [0, 0.1) is 5.92 Å². The molecule has 0 radical (unpaired) electrons. The molecule has 4 rings (SSSR count). The lowest BCUT2D eigenvalue weighted by molar-refractivity contribution is -0.126. The molecule has 0 spiro atoms. The number of carbonyl (C=O) groups is 2. The second kappa shape index (κ2) is 7.15. The Morgan fingerprint density at radius 3 is 2.26 bits per heavy atom. The van der Waals surface area contributed by atoms with E-state index in [1.54, 1.807) is 23.3 Å². The zero-order chi connectivity index (χ0) is 19.1. The van der Waals surface area contributed by atoms with E-state index in [4.69, 9.17) is 28.0 Å². The third kappa shape index (κ3) is 2.90. The summed E-state index contributed by atoms with van der Waals surface area (Å²) in [5.41, 5.74) is 1.06. The number of hydroxylamine groups is 1.